The highest BCUT2D eigenvalue weighted by atomic mass is 32.2. The fourth-order valence-electron chi connectivity index (χ4n) is 7.71. The summed E-state index contributed by atoms with van der Waals surface area (Å²) in [5.74, 6) is 2.98. The fourth-order valence-corrected chi connectivity index (χ4v) is 9.50. The van der Waals surface area contributed by atoms with Gasteiger partial charge >= 0.3 is 7.12 Å². The highest BCUT2D eigenvalue weighted by molar-refractivity contribution is 8.00. The predicted molar refractivity (Wildman–Crippen MR) is 152 cm³/mol. The second-order valence-corrected chi connectivity index (χ2v) is 14.7. The molecule has 5 aliphatic rings. The molecule has 2 nitrogen and oxygen atoms in total. The Labute approximate surface area is 220 Å². The molecule has 1 aliphatic heterocycles. The lowest BCUT2D eigenvalue weighted by Gasteiger charge is -2.56. The maximum absolute atomic E-state index is 6.28. The largest absolute Gasteiger partial charge is 0.494 e. The van der Waals surface area contributed by atoms with Gasteiger partial charge in [-0.15, -0.1) is 11.8 Å². The van der Waals surface area contributed by atoms with Gasteiger partial charge in [-0.25, -0.2) is 0 Å². The molecule has 0 atom stereocenters. The zero-order valence-electron chi connectivity index (χ0n) is 22.1. The number of rotatable bonds is 4. The second kappa shape index (κ2) is 8.12. The first kappa shape index (κ1) is 23.4. The van der Waals surface area contributed by atoms with Crippen molar-refractivity contribution in [2.24, 2.45) is 17.8 Å². The first-order chi connectivity index (χ1) is 17.2. The average Bonchev–Trinajstić information content (AvgIpc) is 3.04. The van der Waals surface area contributed by atoms with Crippen LogP contribution in [-0.4, -0.2) is 23.1 Å². The number of fused-ring (bicyclic) bond motifs is 1. The van der Waals surface area contributed by atoms with Crippen molar-refractivity contribution in [3.05, 3.63) is 60.7 Å². The Morgan fingerprint density at radius 2 is 1.28 bits per heavy atom. The summed E-state index contributed by atoms with van der Waals surface area (Å²) in [4.78, 5) is 1.45. The minimum Gasteiger partial charge on any atom is -0.399 e. The van der Waals surface area contributed by atoms with Gasteiger partial charge < -0.3 is 9.31 Å². The van der Waals surface area contributed by atoms with Crippen molar-refractivity contribution < 1.29 is 9.31 Å². The highest BCUT2D eigenvalue weighted by Gasteiger charge is 2.52. The predicted octanol–water partition coefficient (Wildman–Crippen LogP) is 7.87. The van der Waals surface area contributed by atoms with E-state index in [1.807, 2.05) is 0 Å². The smallest absolute Gasteiger partial charge is 0.399 e. The Morgan fingerprint density at radius 1 is 0.694 bits per heavy atom. The quantitative estimate of drug-likeness (QED) is 0.343. The molecule has 0 unspecified atom stereocenters. The van der Waals surface area contributed by atoms with E-state index < -0.39 is 0 Å². The third-order valence-electron chi connectivity index (χ3n) is 9.87. The molecule has 4 bridgehead atoms. The molecular formula is C32H37BO2S. The minimum atomic E-state index is -0.324. The van der Waals surface area contributed by atoms with Gasteiger partial charge in [0.2, 0.25) is 0 Å². The molecule has 1 heterocycles. The third kappa shape index (κ3) is 3.96. The van der Waals surface area contributed by atoms with Gasteiger partial charge in [0.15, 0.2) is 0 Å². The van der Waals surface area contributed by atoms with E-state index in [4.69, 9.17) is 9.31 Å². The molecule has 0 radical (unpaired) electrons. The zero-order chi connectivity index (χ0) is 24.7. The molecule has 3 aromatic rings. The van der Waals surface area contributed by atoms with Crippen molar-refractivity contribution in [3.8, 4) is 11.1 Å². The maximum Gasteiger partial charge on any atom is 0.494 e. The standard InChI is InChI=1S/C32H37BO2S/c1-30(2)31(3,4)35-33(34-30)28-11-10-26-15-25(8-9-27(26)16-28)24-6-5-7-29(17-24)36-32-18-21-12-22(19-32)14-23(13-21)20-32/h5-11,15-17,21-23H,12-14,18-20H2,1-4H3. The Kier molecular flexibility index (Phi) is 5.28. The van der Waals surface area contributed by atoms with Gasteiger partial charge in [-0.2, -0.15) is 0 Å². The van der Waals surface area contributed by atoms with E-state index >= 15 is 0 Å². The molecule has 0 spiro atoms. The summed E-state index contributed by atoms with van der Waals surface area (Å²) in [6.45, 7) is 8.43. The lowest BCUT2D eigenvalue weighted by Crippen LogP contribution is -2.48. The van der Waals surface area contributed by atoms with Crippen molar-refractivity contribution in [1.82, 2.24) is 0 Å². The fraction of sp³-hybridized carbons (Fsp3) is 0.500. The van der Waals surface area contributed by atoms with Gasteiger partial charge in [-0.3, -0.25) is 0 Å². The van der Waals surface area contributed by atoms with E-state index in [2.05, 4.69) is 100 Å². The van der Waals surface area contributed by atoms with Crippen LogP contribution in [0.2, 0.25) is 0 Å². The summed E-state index contributed by atoms with van der Waals surface area (Å²) in [6.07, 6.45) is 8.84. The van der Waals surface area contributed by atoms with Gasteiger partial charge in [0.25, 0.3) is 0 Å². The summed E-state index contributed by atoms with van der Waals surface area (Å²) in [5, 5.41) is 2.48. The summed E-state index contributed by atoms with van der Waals surface area (Å²) < 4.78 is 13.1. The topological polar surface area (TPSA) is 18.5 Å². The Hall–Kier alpha value is -1.75. The first-order valence-electron chi connectivity index (χ1n) is 13.9. The van der Waals surface area contributed by atoms with E-state index in [1.165, 1.54) is 65.3 Å². The highest BCUT2D eigenvalue weighted by Crippen LogP contribution is 2.62. The average molecular weight is 497 g/mol. The molecule has 0 amide bonds. The molecule has 4 aliphatic carbocycles. The van der Waals surface area contributed by atoms with Crippen molar-refractivity contribution >= 4 is 35.1 Å². The molecule has 36 heavy (non-hydrogen) atoms. The number of thioether (sulfide) groups is 1. The van der Waals surface area contributed by atoms with Crippen LogP contribution in [-0.2, 0) is 9.31 Å². The van der Waals surface area contributed by atoms with Crippen LogP contribution >= 0.6 is 11.8 Å². The molecule has 4 saturated carbocycles. The van der Waals surface area contributed by atoms with Crippen LogP contribution in [0.25, 0.3) is 21.9 Å². The van der Waals surface area contributed by atoms with Gasteiger partial charge in [0.1, 0.15) is 0 Å². The van der Waals surface area contributed by atoms with Gasteiger partial charge in [-0.1, -0.05) is 42.5 Å². The lowest BCUT2D eigenvalue weighted by atomic mass is 9.56. The van der Waals surface area contributed by atoms with Crippen molar-refractivity contribution in [1.29, 1.82) is 0 Å². The summed E-state index contributed by atoms with van der Waals surface area (Å²) in [7, 11) is -0.322. The van der Waals surface area contributed by atoms with Crippen LogP contribution in [0.5, 0.6) is 0 Å². The van der Waals surface area contributed by atoms with Crippen LogP contribution in [0, 0.1) is 17.8 Å². The second-order valence-electron chi connectivity index (χ2n) is 13.1. The van der Waals surface area contributed by atoms with Crippen LogP contribution < -0.4 is 5.46 Å². The molecule has 5 fully saturated rings. The van der Waals surface area contributed by atoms with Crippen LogP contribution in [0.1, 0.15) is 66.2 Å². The normalized spacial score (nSPS) is 31.9. The van der Waals surface area contributed by atoms with Crippen molar-refractivity contribution in [2.75, 3.05) is 0 Å². The van der Waals surface area contributed by atoms with Crippen molar-refractivity contribution in [2.45, 2.75) is 87.1 Å². The molecule has 4 heteroatoms. The Morgan fingerprint density at radius 3 is 1.94 bits per heavy atom. The van der Waals surface area contributed by atoms with E-state index in [-0.39, 0.29) is 18.3 Å². The van der Waals surface area contributed by atoms with Crippen LogP contribution in [0.15, 0.2) is 65.6 Å². The molecule has 8 rings (SSSR count). The van der Waals surface area contributed by atoms with E-state index in [0.717, 1.165) is 23.2 Å². The molecular weight excluding hydrogens is 459 g/mol. The van der Waals surface area contributed by atoms with Crippen molar-refractivity contribution in [3.63, 3.8) is 0 Å². The summed E-state index contributed by atoms with van der Waals surface area (Å²) >= 11 is 2.20. The van der Waals surface area contributed by atoms with E-state index in [1.54, 1.807) is 0 Å². The van der Waals surface area contributed by atoms with Gasteiger partial charge in [0.05, 0.1) is 11.2 Å². The minimum absolute atomic E-state index is 0.322. The third-order valence-corrected chi connectivity index (χ3v) is 11.3. The zero-order valence-corrected chi connectivity index (χ0v) is 22.9. The molecule has 0 aromatic heterocycles. The van der Waals surface area contributed by atoms with E-state index in [0.29, 0.717) is 4.75 Å². The van der Waals surface area contributed by atoms with Crippen LogP contribution in [0.4, 0.5) is 0 Å². The SMILES string of the molecule is CC1(C)OB(c2ccc3cc(-c4cccc(SC56CC7CC(CC(C7)C5)C6)c4)ccc3c2)OC1(C)C. The maximum atomic E-state index is 6.28. The number of hydrogen-bond donors (Lipinski definition) is 0. The molecule has 186 valence electrons. The summed E-state index contributed by atoms with van der Waals surface area (Å²) in [6, 6.07) is 22.7. The molecule has 0 N–H and O–H groups in total. The first-order valence-corrected chi connectivity index (χ1v) is 14.7. The Balaban J connectivity index is 1.13. The monoisotopic (exact) mass is 496 g/mol. The van der Waals surface area contributed by atoms with Gasteiger partial charge in [0, 0.05) is 9.64 Å². The molecule has 1 saturated heterocycles. The number of benzene rings is 3. The number of hydrogen-bond acceptors (Lipinski definition) is 3. The van der Waals surface area contributed by atoms with Gasteiger partial charge in [-0.05, 0) is 130 Å². The molecule has 3 aromatic carbocycles. The van der Waals surface area contributed by atoms with Crippen LogP contribution in [0.3, 0.4) is 0 Å². The summed E-state index contributed by atoms with van der Waals surface area (Å²) in [5.41, 5.74) is 3.05. The Bertz CT molecular complexity index is 1280. The van der Waals surface area contributed by atoms with E-state index in [9.17, 15) is 0 Å². The lowest BCUT2D eigenvalue weighted by molar-refractivity contribution is 0.00578.